The van der Waals surface area contributed by atoms with Gasteiger partial charge in [-0.25, -0.2) is 18.3 Å². The maximum atomic E-state index is 15.3. The first-order valence-electron chi connectivity index (χ1n) is 12.8. The first-order valence-corrected chi connectivity index (χ1v) is 12.8. The smallest absolute Gasteiger partial charge is 0.387 e. The summed E-state index contributed by atoms with van der Waals surface area (Å²) in [5.41, 5.74) is 6.04. The summed E-state index contributed by atoms with van der Waals surface area (Å²) in [7, 11) is 0. The molecule has 4 heterocycles. The van der Waals surface area contributed by atoms with E-state index in [2.05, 4.69) is 26.5 Å². The van der Waals surface area contributed by atoms with E-state index in [1.165, 1.54) is 28.9 Å². The van der Waals surface area contributed by atoms with Crippen LogP contribution in [-0.2, 0) is 5.54 Å². The number of ether oxygens (including phenoxy) is 1. The lowest BCUT2D eigenvalue weighted by Crippen LogP contribution is -2.54. The van der Waals surface area contributed by atoms with Gasteiger partial charge in [0.2, 0.25) is 0 Å². The number of hydrogen-bond acceptors (Lipinski definition) is 7. The van der Waals surface area contributed by atoms with Crippen LogP contribution in [-0.4, -0.2) is 32.1 Å². The molecule has 7 rings (SSSR count). The van der Waals surface area contributed by atoms with E-state index in [4.69, 9.17) is 10.5 Å². The number of nitriles is 1. The van der Waals surface area contributed by atoms with Crippen LogP contribution in [0.2, 0.25) is 0 Å². The number of carbonyl (C=O) groups is 1. The number of fused-ring (bicyclic) bond motifs is 9. The minimum absolute atomic E-state index is 0.00957. The maximum absolute atomic E-state index is 15.3. The molecule has 3 aliphatic rings. The second-order valence-corrected chi connectivity index (χ2v) is 11.2. The first kappa shape index (κ1) is 25.4. The van der Waals surface area contributed by atoms with Crippen molar-refractivity contribution in [3.63, 3.8) is 0 Å². The monoisotopic (exact) mass is 563 g/mol. The van der Waals surface area contributed by atoms with E-state index in [-0.39, 0.29) is 52.3 Å². The fourth-order valence-corrected chi connectivity index (χ4v) is 6.69. The highest BCUT2D eigenvalue weighted by atomic mass is 19.3. The molecular weight excluding hydrogens is 542 g/mol. The van der Waals surface area contributed by atoms with Gasteiger partial charge < -0.3 is 15.8 Å². The van der Waals surface area contributed by atoms with Gasteiger partial charge in [-0.3, -0.25) is 9.78 Å². The van der Waals surface area contributed by atoms with E-state index in [0.717, 1.165) is 12.3 Å². The summed E-state index contributed by atoms with van der Waals surface area (Å²) in [4.78, 5) is 21.6. The Balaban J connectivity index is 1.34. The van der Waals surface area contributed by atoms with Crippen molar-refractivity contribution in [1.29, 1.82) is 5.26 Å². The Kier molecular flexibility index (Phi) is 5.25. The number of benzene rings is 1. The second-order valence-electron chi connectivity index (χ2n) is 11.2. The highest BCUT2D eigenvalue weighted by molar-refractivity contribution is 5.98. The van der Waals surface area contributed by atoms with Gasteiger partial charge in [-0.05, 0) is 44.4 Å². The normalized spacial score (nSPS) is 26.1. The van der Waals surface area contributed by atoms with Crippen LogP contribution in [0.25, 0.3) is 16.9 Å². The Labute approximate surface area is 230 Å². The molecule has 3 N–H and O–H groups in total. The van der Waals surface area contributed by atoms with Gasteiger partial charge in [-0.15, -0.1) is 0 Å². The molecule has 0 saturated heterocycles. The fraction of sp³-hybridized carbons (Fsp3) is 0.321. The molecule has 4 aromatic rings. The lowest BCUT2D eigenvalue weighted by molar-refractivity contribution is -0.0505. The summed E-state index contributed by atoms with van der Waals surface area (Å²) in [5, 5.41) is 16.6. The van der Waals surface area contributed by atoms with Gasteiger partial charge in [0.05, 0.1) is 40.6 Å². The zero-order chi connectivity index (χ0) is 28.8. The van der Waals surface area contributed by atoms with E-state index in [1.54, 1.807) is 6.92 Å². The van der Waals surface area contributed by atoms with E-state index in [0.29, 0.717) is 17.7 Å². The Morgan fingerprint density at radius 1 is 1.24 bits per heavy atom. The second kappa shape index (κ2) is 8.47. The van der Waals surface area contributed by atoms with Crippen molar-refractivity contribution >= 4 is 11.6 Å². The molecule has 41 heavy (non-hydrogen) atoms. The van der Waals surface area contributed by atoms with Gasteiger partial charge in [0.25, 0.3) is 5.91 Å². The maximum Gasteiger partial charge on any atom is 0.387 e. The highest BCUT2D eigenvalue weighted by Gasteiger charge is 2.53. The van der Waals surface area contributed by atoms with Gasteiger partial charge in [0.15, 0.2) is 11.5 Å². The first-order chi connectivity index (χ1) is 19.5. The van der Waals surface area contributed by atoms with Gasteiger partial charge in [0.1, 0.15) is 17.3 Å². The Hall–Kier alpha value is -4.57. The number of nitrogens with zero attached hydrogens (tertiary/aromatic N) is 5. The number of amides is 1. The van der Waals surface area contributed by atoms with Crippen molar-refractivity contribution in [2.75, 3.05) is 0 Å². The summed E-state index contributed by atoms with van der Waals surface area (Å²) >= 11 is 0. The van der Waals surface area contributed by atoms with Crippen molar-refractivity contribution in [1.82, 2.24) is 24.9 Å². The van der Waals surface area contributed by atoms with Crippen molar-refractivity contribution in [3.8, 4) is 23.1 Å². The molecule has 1 aliphatic heterocycles. The molecule has 0 radical (unpaired) electrons. The van der Waals surface area contributed by atoms with Crippen molar-refractivity contribution in [2.45, 2.75) is 50.3 Å². The third-order valence-corrected chi connectivity index (χ3v) is 8.23. The predicted octanol–water partition coefficient (Wildman–Crippen LogP) is 4.47. The number of pyridine rings is 1. The van der Waals surface area contributed by atoms with E-state index in [1.807, 2.05) is 0 Å². The molecule has 1 aromatic carbocycles. The van der Waals surface area contributed by atoms with E-state index < -0.39 is 47.1 Å². The predicted molar refractivity (Wildman–Crippen MR) is 135 cm³/mol. The highest BCUT2D eigenvalue weighted by Crippen LogP contribution is 2.53. The quantitative estimate of drug-likeness (QED) is 0.350. The number of rotatable bonds is 4. The van der Waals surface area contributed by atoms with Gasteiger partial charge in [0, 0.05) is 34.4 Å². The molecule has 208 valence electrons. The van der Waals surface area contributed by atoms with Gasteiger partial charge >= 0.3 is 6.61 Å². The molecule has 3 aromatic heterocycles. The average molecular weight is 564 g/mol. The van der Waals surface area contributed by atoms with Crippen LogP contribution in [0.4, 0.5) is 17.6 Å². The lowest BCUT2D eigenvalue weighted by Gasteiger charge is -2.48. The molecule has 9 nitrogen and oxygen atoms in total. The number of alkyl halides is 2. The summed E-state index contributed by atoms with van der Waals surface area (Å²) < 4.78 is 63.1. The van der Waals surface area contributed by atoms with Crippen LogP contribution >= 0.6 is 0 Å². The average Bonchev–Trinajstić information content (AvgIpc) is 3.38. The molecule has 1 saturated carbocycles. The lowest BCUT2D eigenvalue weighted by atomic mass is 9.58. The Morgan fingerprint density at radius 3 is 2.73 bits per heavy atom. The summed E-state index contributed by atoms with van der Waals surface area (Å²) in [6, 6.07) is 7.06. The van der Waals surface area contributed by atoms with Crippen LogP contribution in [0.3, 0.4) is 0 Å². The van der Waals surface area contributed by atoms with Crippen LogP contribution in [0, 0.1) is 28.4 Å². The number of carbonyl (C=O) groups excluding carboxylic acids is 1. The molecular formula is C28H21F4N7O2. The standard InChI is InChI=1S/C28H21F4N7O2/c1-27(11-33)9-28(34,10-27)23-15(29)5-12(7-35-23)21-16(30)8-39-24(37-21)20-14-6-17(22(20)38-39)36-25(40)13-3-2-4-18(19(13)14)41-26(31)32/h2-5,7-8,14,17,26H,6,9-10,34H2,1H3,(H,36,40)/t14-,17-,27?,28?/m1/s1. The molecule has 1 amide bonds. The minimum Gasteiger partial charge on any atom is -0.434 e. The molecule has 2 aliphatic carbocycles. The van der Waals surface area contributed by atoms with Crippen LogP contribution in [0.1, 0.15) is 71.0 Å². The Morgan fingerprint density at radius 2 is 2.02 bits per heavy atom. The van der Waals surface area contributed by atoms with Crippen LogP contribution in [0.15, 0.2) is 36.7 Å². The number of aromatic nitrogens is 4. The third kappa shape index (κ3) is 3.70. The number of nitrogens with one attached hydrogen (secondary N) is 1. The molecule has 1 fully saturated rings. The number of hydrogen-bond donors (Lipinski definition) is 2. The largest absolute Gasteiger partial charge is 0.434 e. The van der Waals surface area contributed by atoms with Gasteiger partial charge in [-0.1, -0.05) is 6.07 Å². The summed E-state index contributed by atoms with van der Waals surface area (Å²) in [5.74, 6) is -2.76. The molecule has 2 atom stereocenters. The molecule has 0 unspecified atom stereocenters. The molecule has 0 spiro atoms. The zero-order valence-corrected chi connectivity index (χ0v) is 21.5. The molecule has 13 heteroatoms. The van der Waals surface area contributed by atoms with Crippen molar-refractivity contribution in [2.24, 2.45) is 11.1 Å². The SMILES string of the molecule is CC1(C#N)CC(N)(c2ncc(-c3nc4c5c(nn4cc3F)[C@H]3C[C@@H]5c4c(OC(F)F)cccc4C(=O)N3)cc2F)C1. The minimum atomic E-state index is -3.11. The van der Waals surface area contributed by atoms with Crippen LogP contribution < -0.4 is 15.8 Å². The van der Waals surface area contributed by atoms with E-state index >= 15 is 8.78 Å². The number of nitrogens with two attached hydrogens (primary N) is 1. The fourth-order valence-electron chi connectivity index (χ4n) is 6.69. The Bertz CT molecular complexity index is 1830. The van der Waals surface area contributed by atoms with Crippen LogP contribution in [0.5, 0.6) is 5.75 Å². The summed E-state index contributed by atoms with van der Waals surface area (Å²) in [6.45, 7) is -1.37. The van der Waals surface area contributed by atoms with Crippen molar-refractivity contribution < 1.29 is 27.1 Å². The third-order valence-electron chi connectivity index (χ3n) is 8.23. The van der Waals surface area contributed by atoms with E-state index in [9.17, 15) is 18.8 Å². The topological polar surface area (TPSA) is 131 Å². The molecule has 2 bridgehead atoms. The number of halogens is 4. The summed E-state index contributed by atoms with van der Waals surface area (Å²) in [6.07, 6.45) is 3.15. The van der Waals surface area contributed by atoms with Crippen molar-refractivity contribution in [3.05, 3.63) is 76.4 Å². The zero-order valence-electron chi connectivity index (χ0n) is 21.5. The van der Waals surface area contributed by atoms with Gasteiger partial charge in [-0.2, -0.15) is 19.1 Å².